The van der Waals surface area contributed by atoms with Gasteiger partial charge in [-0.25, -0.2) is 14.5 Å². The van der Waals surface area contributed by atoms with Crippen molar-refractivity contribution in [1.82, 2.24) is 20.1 Å². The molecule has 1 amide bonds. The maximum atomic E-state index is 12.4. The van der Waals surface area contributed by atoms with Crippen molar-refractivity contribution in [3.05, 3.63) is 41.9 Å². The van der Waals surface area contributed by atoms with E-state index in [0.29, 0.717) is 23.5 Å². The van der Waals surface area contributed by atoms with E-state index >= 15 is 0 Å². The highest BCUT2D eigenvalue weighted by Crippen LogP contribution is 2.14. The van der Waals surface area contributed by atoms with Crippen molar-refractivity contribution >= 4 is 11.9 Å². The Morgan fingerprint density at radius 2 is 2.13 bits per heavy atom. The molecule has 0 aliphatic rings. The number of aliphatic carboxylic acids is 1. The Labute approximate surface area is 134 Å². The first-order valence-corrected chi connectivity index (χ1v) is 7.45. The van der Waals surface area contributed by atoms with Crippen LogP contribution in [0.4, 0.5) is 0 Å². The quantitative estimate of drug-likeness (QED) is 0.847. The van der Waals surface area contributed by atoms with Crippen LogP contribution < -0.4 is 5.32 Å². The van der Waals surface area contributed by atoms with Crippen LogP contribution in [0.15, 0.2) is 30.6 Å². The van der Waals surface area contributed by atoms with E-state index in [-0.39, 0.29) is 5.92 Å². The van der Waals surface area contributed by atoms with Gasteiger partial charge in [0.25, 0.3) is 5.91 Å². The molecule has 2 aromatic rings. The summed E-state index contributed by atoms with van der Waals surface area (Å²) < 4.78 is 1.55. The number of aromatic nitrogens is 3. The first-order valence-electron chi connectivity index (χ1n) is 7.45. The van der Waals surface area contributed by atoms with Gasteiger partial charge < -0.3 is 10.4 Å². The Kier molecular flexibility index (Phi) is 5.10. The predicted molar refractivity (Wildman–Crippen MR) is 84.4 cm³/mol. The molecule has 7 nitrogen and oxygen atoms in total. The zero-order chi connectivity index (χ0) is 17.0. The number of carbonyl (C=O) groups excluding carboxylic acids is 1. The molecule has 0 aliphatic heterocycles. The van der Waals surface area contributed by atoms with Gasteiger partial charge in [-0.3, -0.25) is 4.79 Å². The fourth-order valence-electron chi connectivity index (χ4n) is 2.24. The third kappa shape index (κ3) is 3.56. The average Bonchev–Trinajstić information content (AvgIpc) is 2.94. The maximum absolute atomic E-state index is 12.4. The minimum absolute atomic E-state index is 0.164. The minimum Gasteiger partial charge on any atom is -0.480 e. The summed E-state index contributed by atoms with van der Waals surface area (Å²) >= 11 is 0. The highest BCUT2D eigenvalue weighted by atomic mass is 16.4. The third-order valence-electron chi connectivity index (χ3n) is 3.89. The summed E-state index contributed by atoms with van der Waals surface area (Å²) in [6.45, 7) is 5.43. The van der Waals surface area contributed by atoms with Crippen LogP contribution in [-0.2, 0) is 4.79 Å². The molecule has 7 heteroatoms. The number of nitrogens with one attached hydrogen (secondary N) is 1. The molecule has 0 aliphatic carbocycles. The summed E-state index contributed by atoms with van der Waals surface area (Å²) in [5, 5.41) is 16.0. The normalized spacial score (nSPS) is 13.3. The number of hydrogen-bond acceptors (Lipinski definition) is 4. The SMILES string of the molecule is CCC(C)C(NC(=O)c1cnn(-c2ccccn2)c1C)C(=O)O. The number of carboxylic acids is 1. The number of pyridine rings is 1. The Bertz CT molecular complexity index is 697. The summed E-state index contributed by atoms with van der Waals surface area (Å²) in [7, 11) is 0. The molecule has 2 rings (SSSR count). The van der Waals surface area contributed by atoms with Gasteiger partial charge in [0.05, 0.1) is 17.5 Å². The van der Waals surface area contributed by atoms with Crippen molar-refractivity contribution in [3.63, 3.8) is 0 Å². The summed E-state index contributed by atoms with van der Waals surface area (Å²) in [4.78, 5) is 27.9. The predicted octanol–water partition coefficient (Wildman–Crippen LogP) is 1.80. The Hall–Kier alpha value is -2.70. The summed E-state index contributed by atoms with van der Waals surface area (Å²) in [5.41, 5.74) is 0.944. The highest BCUT2D eigenvalue weighted by Gasteiger charge is 2.27. The second-order valence-electron chi connectivity index (χ2n) is 5.42. The fraction of sp³-hybridized carbons (Fsp3) is 0.375. The molecule has 0 saturated heterocycles. The smallest absolute Gasteiger partial charge is 0.326 e. The van der Waals surface area contributed by atoms with Gasteiger partial charge >= 0.3 is 5.97 Å². The van der Waals surface area contributed by atoms with Crippen LogP contribution in [0.25, 0.3) is 5.82 Å². The van der Waals surface area contributed by atoms with Gasteiger partial charge in [0.15, 0.2) is 5.82 Å². The molecule has 0 fully saturated rings. The minimum atomic E-state index is -1.04. The van der Waals surface area contributed by atoms with Crippen molar-refractivity contribution in [2.24, 2.45) is 5.92 Å². The van der Waals surface area contributed by atoms with Crippen LogP contribution in [0, 0.1) is 12.8 Å². The van der Waals surface area contributed by atoms with Crippen molar-refractivity contribution in [1.29, 1.82) is 0 Å². The molecule has 2 N–H and O–H groups in total. The number of hydrogen-bond donors (Lipinski definition) is 2. The molecular formula is C16H20N4O3. The zero-order valence-corrected chi connectivity index (χ0v) is 13.4. The fourth-order valence-corrected chi connectivity index (χ4v) is 2.24. The van der Waals surface area contributed by atoms with Gasteiger partial charge in [-0.15, -0.1) is 0 Å². The van der Waals surface area contributed by atoms with E-state index in [1.807, 2.05) is 13.0 Å². The molecule has 23 heavy (non-hydrogen) atoms. The summed E-state index contributed by atoms with van der Waals surface area (Å²) in [6.07, 6.45) is 3.72. The molecule has 2 aromatic heterocycles. The highest BCUT2D eigenvalue weighted by molar-refractivity contribution is 5.97. The monoisotopic (exact) mass is 316 g/mol. The van der Waals surface area contributed by atoms with Gasteiger partial charge in [-0.1, -0.05) is 26.3 Å². The van der Waals surface area contributed by atoms with Gasteiger partial charge in [-0.05, 0) is 25.0 Å². The summed E-state index contributed by atoms with van der Waals surface area (Å²) in [5.74, 6) is -1.05. The molecule has 122 valence electrons. The van der Waals surface area contributed by atoms with Gasteiger partial charge in [0.2, 0.25) is 0 Å². The molecule has 2 heterocycles. The van der Waals surface area contributed by atoms with Crippen LogP contribution in [0.5, 0.6) is 0 Å². The lowest BCUT2D eigenvalue weighted by Gasteiger charge is -2.19. The van der Waals surface area contributed by atoms with Crippen molar-refractivity contribution in [2.75, 3.05) is 0 Å². The van der Waals surface area contributed by atoms with Crippen LogP contribution >= 0.6 is 0 Å². The number of carboxylic acid groups (broad SMARTS) is 1. The van der Waals surface area contributed by atoms with E-state index < -0.39 is 17.9 Å². The van der Waals surface area contributed by atoms with Crippen molar-refractivity contribution < 1.29 is 14.7 Å². The van der Waals surface area contributed by atoms with Crippen LogP contribution in [0.1, 0.15) is 36.3 Å². The second kappa shape index (κ2) is 7.04. The molecule has 0 aromatic carbocycles. The lowest BCUT2D eigenvalue weighted by atomic mass is 9.99. The topological polar surface area (TPSA) is 97.1 Å². The number of nitrogens with zero attached hydrogens (tertiary/aromatic N) is 3. The van der Waals surface area contributed by atoms with E-state index in [2.05, 4.69) is 15.4 Å². The van der Waals surface area contributed by atoms with Gasteiger partial charge in [0, 0.05) is 6.20 Å². The van der Waals surface area contributed by atoms with Crippen molar-refractivity contribution in [3.8, 4) is 5.82 Å². The Balaban J connectivity index is 2.24. The largest absolute Gasteiger partial charge is 0.480 e. The van der Waals surface area contributed by atoms with E-state index in [1.165, 1.54) is 6.20 Å². The number of amides is 1. The Morgan fingerprint density at radius 1 is 1.39 bits per heavy atom. The maximum Gasteiger partial charge on any atom is 0.326 e. The number of carbonyl (C=O) groups is 2. The third-order valence-corrected chi connectivity index (χ3v) is 3.89. The molecule has 0 bridgehead atoms. The molecular weight excluding hydrogens is 296 g/mol. The lowest BCUT2D eigenvalue weighted by Crippen LogP contribution is -2.45. The molecule has 0 spiro atoms. The molecule has 2 unspecified atom stereocenters. The zero-order valence-electron chi connectivity index (χ0n) is 13.4. The van der Waals surface area contributed by atoms with Crippen molar-refractivity contribution in [2.45, 2.75) is 33.2 Å². The van der Waals surface area contributed by atoms with E-state index in [0.717, 1.165) is 0 Å². The second-order valence-corrected chi connectivity index (χ2v) is 5.42. The van der Waals surface area contributed by atoms with Gasteiger partial charge in [0.1, 0.15) is 6.04 Å². The standard InChI is InChI=1S/C16H20N4O3/c1-4-10(2)14(16(22)23)19-15(21)12-9-18-20(11(12)3)13-7-5-6-8-17-13/h5-10,14H,4H2,1-3H3,(H,19,21)(H,22,23). The van der Waals surface area contributed by atoms with Gasteiger partial charge in [-0.2, -0.15) is 5.10 Å². The van der Waals surface area contributed by atoms with E-state index in [4.69, 9.17) is 0 Å². The number of rotatable bonds is 6. The van der Waals surface area contributed by atoms with Crippen LogP contribution in [-0.4, -0.2) is 37.8 Å². The van der Waals surface area contributed by atoms with E-state index in [1.54, 1.807) is 36.9 Å². The first kappa shape index (κ1) is 16.7. The molecule has 0 saturated carbocycles. The average molecular weight is 316 g/mol. The molecule has 0 radical (unpaired) electrons. The Morgan fingerprint density at radius 3 is 2.70 bits per heavy atom. The lowest BCUT2D eigenvalue weighted by molar-refractivity contribution is -0.140. The van der Waals surface area contributed by atoms with Crippen LogP contribution in [0.2, 0.25) is 0 Å². The van der Waals surface area contributed by atoms with Crippen LogP contribution in [0.3, 0.4) is 0 Å². The van der Waals surface area contributed by atoms with E-state index in [9.17, 15) is 14.7 Å². The molecule has 2 atom stereocenters. The first-order chi connectivity index (χ1) is 11.0. The summed E-state index contributed by atoms with van der Waals surface area (Å²) in [6, 6.07) is 4.47.